The van der Waals surface area contributed by atoms with Crippen molar-refractivity contribution in [1.29, 1.82) is 0 Å². The molecular weight excluding hydrogens is 444 g/mol. The number of nitro groups is 1. The molecular formula is C27H26N4O4. The van der Waals surface area contributed by atoms with E-state index in [-0.39, 0.29) is 17.2 Å². The van der Waals surface area contributed by atoms with E-state index in [0.29, 0.717) is 47.4 Å². The number of rotatable bonds is 8. The number of carbonyl (C=O) groups excluding carboxylic acids is 1. The summed E-state index contributed by atoms with van der Waals surface area (Å²) in [5.41, 5.74) is 1.30. The van der Waals surface area contributed by atoms with E-state index in [9.17, 15) is 19.7 Å². The Hall–Kier alpha value is -4.33. The molecule has 8 heteroatoms. The van der Waals surface area contributed by atoms with Crippen molar-refractivity contribution in [2.75, 3.05) is 6.54 Å². The highest BCUT2D eigenvalue weighted by atomic mass is 16.6. The Morgan fingerprint density at radius 2 is 1.66 bits per heavy atom. The number of amides is 1. The van der Waals surface area contributed by atoms with Crippen LogP contribution in [0.5, 0.6) is 0 Å². The van der Waals surface area contributed by atoms with E-state index in [0.717, 1.165) is 0 Å². The van der Waals surface area contributed by atoms with Crippen LogP contribution in [0.15, 0.2) is 83.7 Å². The van der Waals surface area contributed by atoms with Crippen LogP contribution in [0.25, 0.3) is 16.6 Å². The number of hydrogen-bond acceptors (Lipinski definition) is 5. The first kappa shape index (κ1) is 23.8. The molecule has 0 N–H and O–H groups in total. The van der Waals surface area contributed by atoms with Gasteiger partial charge in [0.25, 0.3) is 17.2 Å². The second kappa shape index (κ2) is 10.3. The fourth-order valence-corrected chi connectivity index (χ4v) is 4.27. The van der Waals surface area contributed by atoms with Crippen molar-refractivity contribution in [2.45, 2.75) is 32.7 Å². The van der Waals surface area contributed by atoms with Crippen LogP contribution in [-0.2, 0) is 0 Å². The third-order valence-corrected chi connectivity index (χ3v) is 5.93. The minimum atomic E-state index is -0.496. The predicted molar refractivity (Wildman–Crippen MR) is 135 cm³/mol. The zero-order chi connectivity index (χ0) is 24.9. The molecule has 0 radical (unpaired) electrons. The number of fused-ring (bicyclic) bond motifs is 1. The van der Waals surface area contributed by atoms with Crippen LogP contribution in [0, 0.1) is 10.1 Å². The van der Waals surface area contributed by atoms with Crippen LogP contribution in [0.3, 0.4) is 0 Å². The van der Waals surface area contributed by atoms with Gasteiger partial charge in [-0.15, -0.1) is 0 Å². The van der Waals surface area contributed by atoms with Crippen molar-refractivity contribution in [2.24, 2.45) is 0 Å². The average molecular weight is 471 g/mol. The van der Waals surface area contributed by atoms with Gasteiger partial charge in [-0.3, -0.25) is 24.3 Å². The Kier molecular flexibility index (Phi) is 7.01. The predicted octanol–water partition coefficient (Wildman–Crippen LogP) is 5.30. The van der Waals surface area contributed by atoms with E-state index in [4.69, 9.17) is 4.98 Å². The number of non-ortho nitro benzene ring substituents is 1. The Labute approximate surface area is 202 Å². The van der Waals surface area contributed by atoms with Crippen molar-refractivity contribution in [1.82, 2.24) is 14.5 Å². The smallest absolute Gasteiger partial charge is 0.269 e. The maximum atomic E-state index is 13.6. The monoisotopic (exact) mass is 470 g/mol. The number of benzene rings is 3. The zero-order valence-corrected chi connectivity index (χ0v) is 19.6. The van der Waals surface area contributed by atoms with Crippen molar-refractivity contribution in [3.05, 3.63) is 111 Å². The van der Waals surface area contributed by atoms with Crippen LogP contribution >= 0.6 is 0 Å². The van der Waals surface area contributed by atoms with Crippen molar-refractivity contribution in [3.8, 4) is 5.69 Å². The summed E-state index contributed by atoms with van der Waals surface area (Å²) in [4.78, 5) is 44.4. The van der Waals surface area contributed by atoms with Gasteiger partial charge >= 0.3 is 0 Å². The van der Waals surface area contributed by atoms with Gasteiger partial charge in [0.1, 0.15) is 5.82 Å². The summed E-state index contributed by atoms with van der Waals surface area (Å²) in [7, 11) is 0. The summed E-state index contributed by atoms with van der Waals surface area (Å²) in [6.07, 6.45) is 1.22. The second-order valence-corrected chi connectivity index (χ2v) is 8.19. The SMILES string of the molecule is CCCN(C(=O)c1ccc([N+](=O)[O-])cc1)C(CC)c1nc2ccccc2c(=O)n1-c1ccccc1. The minimum absolute atomic E-state index is 0.0789. The van der Waals surface area contributed by atoms with Crippen LogP contribution < -0.4 is 5.56 Å². The molecule has 0 spiro atoms. The summed E-state index contributed by atoms with van der Waals surface area (Å²) in [5.74, 6) is 0.210. The third-order valence-electron chi connectivity index (χ3n) is 5.93. The number of para-hydroxylation sites is 2. The summed E-state index contributed by atoms with van der Waals surface area (Å²) < 4.78 is 1.59. The van der Waals surface area contributed by atoms with Gasteiger partial charge in [-0.25, -0.2) is 4.98 Å². The molecule has 4 aromatic rings. The number of nitro benzene ring substituents is 1. The molecule has 1 aromatic heterocycles. The van der Waals surface area contributed by atoms with Gasteiger partial charge < -0.3 is 4.90 Å². The molecule has 8 nitrogen and oxygen atoms in total. The Bertz CT molecular complexity index is 1420. The van der Waals surface area contributed by atoms with Gasteiger partial charge in [-0.1, -0.05) is 44.2 Å². The highest BCUT2D eigenvalue weighted by molar-refractivity contribution is 5.94. The van der Waals surface area contributed by atoms with Gasteiger partial charge in [0.2, 0.25) is 0 Å². The molecule has 1 heterocycles. The minimum Gasteiger partial charge on any atom is -0.328 e. The first-order chi connectivity index (χ1) is 17.0. The van der Waals surface area contributed by atoms with E-state index in [2.05, 4.69) is 0 Å². The quantitative estimate of drug-likeness (QED) is 0.257. The number of aromatic nitrogens is 2. The fraction of sp³-hybridized carbons (Fsp3) is 0.222. The fourth-order valence-electron chi connectivity index (χ4n) is 4.27. The molecule has 35 heavy (non-hydrogen) atoms. The maximum Gasteiger partial charge on any atom is 0.269 e. The average Bonchev–Trinajstić information content (AvgIpc) is 2.89. The van der Waals surface area contributed by atoms with E-state index in [1.165, 1.54) is 24.3 Å². The van der Waals surface area contributed by atoms with E-state index in [1.54, 1.807) is 27.7 Å². The molecule has 1 amide bonds. The van der Waals surface area contributed by atoms with Gasteiger partial charge in [-0.2, -0.15) is 0 Å². The van der Waals surface area contributed by atoms with Crippen molar-refractivity contribution >= 4 is 22.5 Å². The van der Waals surface area contributed by atoms with Crippen molar-refractivity contribution < 1.29 is 9.72 Å². The molecule has 0 aliphatic rings. The van der Waals surface area contributed by atoms with Crippen LogP contribution in [0.2, 0.25) is 0 Å². The molecule has 3 aromatic carbocycles. The van der Waals surface area contributed by atoms with E-state index >= 15 is 0 Å². The van der Waals surface area contributed by atoms with Crippen molar-refractivity contribution in [3.63, 3.8) is 0 Å². The van der Waals surface area contributed by atoms with E-state index in [1.807, 2.05) is 50.2 Å². The molecule has 0 fully saturated rings. The molecule has 0 saturated carbocycles. The van der Waals surface area contributed by atoms with Crippen LogP contribution in [0.1, 0.15) is 48.9 Å². The molecule has 0 aliphatic carbocycles. The molecule has 0 saturated heterocycles. The lowest BCUT2D eigenvalue weighted by atomic mass is 10.1. The molecule has 4 rings (SSSR count). The molecule has 0 bridgehead atoms. The van der Waals surface area contributed by atoms with Crippen LogP contribution in [0.4, 0.5) is 5.69 Å². The number of hydrogen-bond donors (Lipinski definition) is 0. The molecule has 178 valence electrons. The highest BCUT2D eigenvalue weighted by Crippen LogP contribution is 2.28. The zero-order valence-electron chi connectivity index (χ0n) is 19.6. The van der Waals surface area contributed by atoms with E-state index < -0.39 is 11.0 Å². The Morgan fingerprint density at radius 1 is 1.00 bits per heavy atom. The maximum absolute atomic E-state index is 13.6. The lowest BCUT2D eigenvalue weighted by molar-refractivity contribution is -0.384. The topological polar surface area (TPSA) is 98.3 Å². The Balaban J connectivity index is 1.89. The first-order valence-corrected chi connectivity index (χ1v) is 11.6. The molecule has 1 atom stereocenters. The number of carbonyl (C=O) groups is 1. The van der Waals surface area contributed by atoms with Gasteiger partial charge in [-0.05, 0) is 49.2 Å². The lowest BCUT2D eigenvalue weighted by Crippen LogP contribution is -2.39. The van der Waals surface area contributed by atoms with Gasteiger partial charge in [0.05, 0.1) is 27.6 Å². The third kappa shape index (κ3) is 4.68. The highest BCUT2D eigenvalue weighted by Gasteiger charge is 2.29. The summed E-state index contributed by atoms with van der Waals surface area (Å²) in [5, 5.41) is 11.5. The standard InChI is InChI=1S/C27H26N4O4/c1-3-18-29(26(32)19-14-16-21(17-15-19)31(34)35)24(4-2)25-28-23-13-9-8-12-22(23)27(33)30(25)20-10-6-5-7-11-20/h5-17,24H,3-4,18H2,1-2H3. The lowest BCUT2D eigenvalue weighted by Gasteiger charge is -2.32. The molecule has 0 aliphatic heterocycles. The Morgan fingerprint density at radius 3 is 2.29 bits per heavy atom. The van der Waals surface area contributed by atoms with Gasteiger partial charge in [0.15, 0.2) is 0 Å². The number of nitrogens with zero attached hydrogens (tertiary/aromatic N) is 4. The molecule has 1 unspecified atom stereocenters. The second-order valence-electron chi connectivity index (χ2n) is 8.19. The van der Waals surface area contributed by atoms with Crippen LogP contribution in [-0.4, -0.2) is 31.8 Å². The normalized spacial score (nSPS) is 11.8. The summed E-state index contributed by atoms with van der Waals surface area (Å²) >= 11 is 0. The largest absolute Gasteiger partial charge is 0.328 e. The first-order valence-electron chi connectivity index (χ1n) is 11.6. The summed E-state index contributed by atoms with van der Waals surface area (Å²) in [6, 6.07) is 21.5. The summed E-state index contributed by atoms with van der Waals surface area (Å²) in [6.45, 7) is 4.36. The van der Waals surface area contributed by atoms with Gasteiger partial charge in [0, 0.05) is 24.2 Å².